The Morgan fingerprint density at radius 1 is 1.48 bits per heavy atom. The minimum absolute atomic E-state index is 0.240. The molecule has 0 aliphatic rings. The summed E-state index contributed by atoms with van der Waals surface area (Å²) in [6.07, 6.45) is 0. The van der Waals surface area contributed by atoms with Gasteiger partial charge in [-0.2, -0.15) is 5.26 Å². The molecule has 2 N–H and O–H groups in total. The van der Waals surface area contributed by atoms with E-state index in [-0.39, 0.29) is 13.1 Å². The first-order chi connectivity index (χ1) is 9.59. The largest absolute Gasteiger partial charge is 0.387 e. The third-order valence-electron chi connectivity index (χ3n) is 2.68. The molecule has 1 unspecified atom stereocenters. The third-order valence-corrected chi connectivity index (χ3v) is 4.12. The number of nitriles is 1. The SMILES string of the molecule is CN(C)CC(C)(O)CNS(=O)(=O)c1cccc(F)c1C#N. The first-order valence-electron chi connectivity index (χ1n) is 6.14. The number of benzene rings is 1. The first kappa shape index (κ1) is 17.5. The predicted octanol–water partition coefficient (Wildman–Crippen LogP) is 0.288. The van der Waals surface area contributed by atoms with Crippen molar-refractivity contribution in [2.75, 3.05) is 27.2 Å². The molecule has 0 aliphatic carbocycles. The van der Waals surface area contributed by atoms with Crippen molar-refractivity contribution in [3.8, 4) is 6.07 Å². The minimum Gasteiger partial charge on any atom is -0.387 e. The molecule has 0 radical (unpaired) electrons. The molecule has 1 rings (SSSR count). The van der Waals surface area contributed by atoms with Crippen LogP contribution in [0.4, 0.5) is 4.39 Å². The lowest BCUT2D eigenvalue weighted by Crippen LogP contribution is -2.47. The van der Waals surface area contributed by atoms with Gasteiger partial charge in [-0.3, -0.25) is 0 Å². The summed E-state index contributed by atoms with van der Waals surface area (Å²) in [4.78, 5) is 1.27. The molecule has 0 fully saturated rings. The standard InChI is InChI=1S/C13H18FN3O3S/c1-13(18,9-17(2)3)8-16-21(19,20)12-6-4-5-11(14)10(12)7-15/h4-6,16,18H,8-9H2,1-3H3. The Morgan fingerprint density at radius 3 is 2.62 bits per heavy atom. The fourth-order valence-corrected chi connectivity index (χ4v) is 3.23. The summed E-state index contributed by atoms with van der Waals surface area (Å²) >= 11 is 0. The van der Waals surface area contributed by atoms with E-state index >= 15 is 0 Å². The summed E-state index contributed by atoms with van der Waals surface area (Å²) in [6, 6.07) is 4.90. The molecule has 116 valence electrons. The van der Waals surface area contributed by atoms with E-state index in [9.17, 15) is 17.9 Å². The first-order valence-corrected chi connectivity index (χ1v) is 7.63. The third kappa shape index (κ3) is 4.75. The zero-order valence-corrected chi connectivity index (χ0v) is 12.9. The van der Waals surface area contributed by atoms with Gasteiger partial charge in [-0.15, -0.1) is 0 Å². The number of likely N-dealkylation sites (N-methyl/N-ethyl adjacent to an activating group) is 1. The number of aliphatic hydroxyl groups is 1. The van der Waals surface area contributed by atoms with Crippen molar-refractivity contribution in [3.05, 3.63) is 29.6 Å². The van der Waals surface area contributed by atoms with Crippen LogP contribution in [0.15, 0.2) is 23.1 Å². The maximum atomic E-state index is 13.5. The van der Waals surface area contributed by atoms with Crippen LogP contribution >= 0.6 is 0 Å². The molecule has 0 aromatic heterocycles. The van der Waals surface area contributed by atoms with E-state index in [1.807, 2.05) is 0 Å². The summed E-state index contributed by atoms with van der Waals surface area (Å²) in [6.45, 7) is 1.46. The molecule has 8 heteroatoms. The van der Waals surface area contributed by atoms with Gasteiger partial charge in [-0.1, -0.05) is 6.07 Å². The van der Waals surface area contributed by atoms with Gasteiger partial charge in [0, 0.05) is 13.1 Å². The van der Waals surface area contributed by atoms with Crippen LogP contribution in [0.1, 0.15) is 12.5 Å². The second-order valence-electron chi connectivity index (χ2n) is 5.28. The van der Waals surface area contributed by atoms with E-state index in [4.69, 9.17) is 5.26 Å². The Bertz CT molecular complexity index is 651. The smallest absolute Gasteiger partial charge is 0.242 e. The van der Waals surface area contributed by atoms with Crippen molar-refractivity contribution in [2.24, 2.45) is 0 Å². The van der Waals surface area contributed by atoms with E-state index in [0.717, 1.165) is 12.1 Å². The van der Waals surface area contributed by atoms with E-state index in [1.165, 1.54) is 19.1 Å². The van der Waals surface area contributed by atoms with Crippen molar-refractivity contribution < 1.29 is 17.9 Å². The zero-order chi connectivity index (χ0) is 16.3. The molecule has 0 amide bonds. The number of hydrogen-bond acceptors (Lipinski definition) is 5. The van der Waals surface area contributed by atoms with E-state index in [2.05, 4.69) is 4.72 Å². The van der Waals surface area contributed by atoms with Gasteiger partial charge in [-0.25, -0.2) is 17.5 Å². The van der Waals surface area contributed by atoms with Crippen molar-refractivity contribution in [1.29, 1.82) is 5.26 Å². The molecular formula is C13H18FN3O3S. The average molecular weight is 315 g/mol. The van der Waals surface area contributed by atoms with Gasteiger partial charge in [0.15, 0.2) is 0 Å². The van der Waals surface area contributed by atoms with E-state index in [1.54, 1.807) is 19.0 Å². The van der Waals surface area contributed by atoms with Gasteiger partial charge in [0.05, 0.1) is 5.60 Å². The van der Waals surface area contributed by atoms with Crippen molar-refractivity contribution in [3.63, 3.8) is 0 Å². The summed E-state index contributed by atoms with van der Waals surface area (Å²) < 4.78 is 39.9. The monoisotopic (exact) mass is 315 g/mol. The number of sulfonamides is 1. The van der Waals surface area contributed by atoms with E-state index < -0.39 is 31.9 Å². The molecule has 6 nitrogen and oxygen atoms in total. The molecule has 1 aromatic carbocycles. The average Bonchev–Trinajstić information content (AvgIpc) is 2.35. The summed E-state index contributed by atoms with van der Waals surface area (Å²) in [5, 5.41) is 18.9. The van der Waals surface area contributed by atoms with Gasteiger partial charge in [0.25, 0.3) is 0 Å². The fraction of sp³-hybridized carbons (Fsp3) is 0.462. The number of rotatable bonds is 6. The lowest BCUT2D eigenvalue weighted by atomic mass is 10.1. The molecular weight excluding hydrogens is 297 g/mol. The Hall–Kier alpha value is -1.53. The molecule has 0 saturated heterocycles. The van der Waals surface area contributed by atoms with Crippen LogP contribution < -0.4 is 4.72 Å². The topological polar surface area (TPSA) is 93.4 Å². The predicted molar refractivity (Wildman–Crippen MR) is 75.5 cm³/mol. The molecule has 1 aromatic rings. The lowest BCUT2D eigenvalue weighted by Gasteiger charge is -2.27. The summed E-state index contributed by atoms with van der Waals surface area (Å²) in [5.74, 6) is -0.902. The number of nitrogens with zero attached hydrogens (tertiary/aromatic N) is 2. The van der Waals surface area contributed by atoms with E-state index in [0.29, 0.717) is 0 Å². The highest BCUT2D eigenvalue weighted by Gasteiger charge is 2.27. The van der Waals surface area contributed by atoms with Crippen LogP contribution in [0.2, 0.25) is 0 Å². The summed E-state index contributed by atoms with van der Waals surface area (Å²) in [7, 11) is -0.607. The van der Waals surface area contributed by atoms with Gasteiger partial charge >= 0.3 is 0 Å². The highest BCUT2D eigenvalue weighted by Crippen LogP contribution is 2.18. The highest BCUT2D eigenvalue weighted by atomic mass is 32.2. The fourth-order valence-electron chi connectivity index (χ4n) is 1.90. The molecule has 0 bridgehead atoms. The lowest BCUT2D eigenvalue weighted by molar-refractivity contribution is 0.0386. The Labute approximate surface area is 123 Å². The molecule has 0 heterocycles. The number of halogens is 1. The zero-order valence-electron chi connectivity index (χ0n) is 12.1. The van der Waals surface area contributed by atoms with Gasteiger partial charge in [0.1, 0.15) is 22.3 Å². The maximum Gasteiger partial charge on any atom is 0.242 e. The molecule has 21 heavy (non-hydrogen) atoms. The maximum absolute atomic E-state index is 13.5. The van der Waals surface area contributed by atoms with Crippen LogP contribution in [0.25, 0.3) is 0 Å². The van der Waals surface area contributed by atoms with Gasteiger partial charge < -0.3 is 10.0 Å². The van der Waals surface area contributed by atoms with Gasteiger partial charge in [-0.05, 0) is 33.2 Å². The normalized spacial score (nSPS) is 14.7. The van der Waals surface area contributed by atoms with Gasteiger partial charge in [0.2, 0.25) is 10.0 Å². The molecule has 0 spiro atoms. The van der Waals surface area contributed by atoms with Crippen molar-refractivity contribution in [1.82, 2.24) is 9.62 Å². The molecule has 0 aliphatic heterocycles. The Morgan fingerprint density at radius 2 is 2.10 bits per heavy atom. The second-order valence-corrected chi connectivity index (χ2v) is 7.02. The van der Waals surface area contributed by atoms with Crippen LogP contribution in [-0.2, 0) is 10.0 Å². The molecule has 1 atom stereocenters. The Balaban J connectivity index is 2.99. The Kier molecular flexibility index (Phi) is 5.42. The van der Waals surface area contributed by atoms with Crippen LogP contribution in [-0.4, -0.2) is 51.2 Å². The van der Waals surface area contributed by atoms with Crippen molar-refractivity contribution in [2.45, 2.75) is 17.4 Å². The number of hydrogen-bond donors (Lipinski definition) is 2. The highest BCUT2D eigenvalue weighted by molar-refractivity contribution is 7.89. The quantitative estimate of drug-likeness (QED) is 0.787. The van der Waals surface area contributed by atoms with Crippen LogP contribution in [0.5, 0.6) is 0 Å². The molecule has 0 saturated carbocycles. The second kappa shape index (κ2) is 6.49. The van der Waals surface area contributed by atoms with Crippen molar-refractivity contribution >= 4 is 10.0 Å². The van der Waals surface area contributed by atoms with Crippen LogP contribution in [0, 0.1) is 17.1 Å². The minimum atomic E-state index is -4.09. The van der Waals surface area contributed by atoms with Crippen LogP contribution in [0.3, 0.4) is 0 Å². The number of nitrogens with one attached hydrogen (secondary N) is 1. The summed E-state index contributed by atoms with van der Waals surface area (Å²) in [5.41, 5.74) is -1.84.